The Bertz CT molecular complexity index is 635. The van der Waals surface area contributed by atoms with Gasteiger partial charge >= 0.3 is 0 Å². The molecule has 124 valence electrons. The lowest BCUT2D eigenvalue weighted by Gasteiger charge is -2.35. The zero-order chi connectivity index (χ0) is 16.2. The lowest BCUT2D eigenvalue weighted by molar-refractivity contribution is 0.0665. The van der Waals surface area contributed by atoms with Gasteiger partial charge in [-0.15, -0.1) is 11.3 Å². The summed E-state index contributed by atoms with van der Waals surface area (Å²) in [7, 11) is 0. The van der Waals surface area contributed by atoms with Gasteiger partial charge in [0.15, 0.2) is 0 Å². The summed E-state index contributed by atoms with van der Waals surface area (Å²) in [6, 6.07) is 7.94. The molecular weight excluding hydrogens is 308 g/mol. The van der Waals surface area contributed by atoms with Gasteiger partial charge in [0.1, 0.15) is 10.8 Å². The molecule has 0 aliphatic heterocycles. The molecule has 1 fully saturated rings. The molecule has 23 heavy (non-hydrogen) atoms. The molecular formula is C18H24N2O2S. The van der Waals surface area contributed by atoms with Crippen molar-refractivity contribution in [3.05, 3.63) is 45.9 Å². The number of aromatic hydroxyl groups is 1. The third-order valence-corrected chi connectivity index (χ3v) is 5.44. The van der Waals surface area contributed by atoms with Crippen LogP contribution in [0.25, 0.3) is 0 Å². The average Bonchev–Trinajstić information content (AvgIpc) is 2.93. The van der Waals surface area contributed by atoms with Gasteiger partial charge in [-0.1, -0.05) is 12.1 Å². The van der Waals surface area contributed by atoms with Crippen molar-refractivity contribution in [3.63, 3.8) is 0 Å². The molecule has 1 saturated carbocycles. The van der Waals surface area contributed by atoms with E-state index in [9.17, 15) is 10.2 Å². The molecule has 0 atom stereocenters. The number of phenolic OH excluding ortho intramolecular Hbond substituents is 1. The van der Waals surface area contributed by atoms with Crippen molar-refractivity contribution in [2.24, 2.45) is 0 Å². The van der Waals surface area contributed by atoms with E-state index in [1.807, 2.05) is 19.1 Å². The molecule has 0 saturated heterocycles. The summed E-state index contributed by atoms with van der Waals surface area (Å²) < 4.78 is 0. The smallest absolute Gasteiger partial charge is 0.115 e. The van der Waals surface area contributed by atoms with E-state index in [1.54, 1.807) is 17.4 Å². The summed E-state index contributed by atoms with van der Waals surface area (Å²) >= 11 is 1.70. The number of hydrogen-bond donors (Lipinski definition) is 2. The van der Waals surface area contributed by atoms with Gasteiger partial charge in [0, 0.05) is 23.7 Å². The van der Waals surface area contributed by atoms with Crippen molar-refractivity contribution in [2.75, 3.05) is 0 Å². The normalized spacial score (nSPS) is 21.7. The van der Waals surface area contributed by atoms with Crippen LogP contribution in [0.3, 0.4) is 0 Å². The number of aliphatic hydroxyl groups is 1. The predicted octanol–water partition coefficient (Wildman–Crippen LogP) is 3.46. The number of rotatable bonds is 5. The maximum Gasteiger partial charge on any atom is 0.115 e. The number of aliphatic hydroxyl groups excluding tert-OH is 1. The summed E-state index contributed by atoms with van der Waals surface area (Å²) in [5.74, 6) is 0.312. The second-order valence-electron chi connectivity index (χ2n) is 6.42. The molecule has 1 aliphatic rings. The van der Waals surface area contributed by atoms with Gasteiger partial charge < -0.3 is 10.2 Å². The Morgan fingerprint density at radius 3 is 2.65 bits per heavy atom. The van der Waals surface area contributed by atoms with Gasteiger partial charge in [-0.3, -0.25) is 4.90 Å². The fourth-order valence-electron chi connectivity index (χ4n) is 3.28. The Balaban J connectivity index is 1.74. The van der Waals surface area contributed by atoms with Gasteiger partial charge in [0.25, 0.3) is 0 Å². The van der Waals surface area contributed by atoms with Crippen LogP contribution in [0.15, 0.2) is 29.6 Å². The first-order chi connectivity index (χ1) is 11.1. The van der Waals surface area contributed by atoms with Crippen molar-refractivity contribution in [2.45, 2.75) is 57.8 Å². The zero-order valence-electron chi connectivity index (χ0n) is 13.5. The summed E-state index contributed by atoms with van der Waals surface area (Å²) in [5, 5.41) is 22.7. The molecule has 0 radical (unpaired) electrons. The van der Waals surface area contributed by atoms with Crippen LogP contribution in [0, 0.1) is 6.92 Å². The summed E-state index contributed by atoms with van der Waals surface area (Å²) in [4.78, 5) is 7.04. The Hall–Kier alpha value is -1.43. The first kappa shape index (κ1) is 16.4. The molecule has 2 aromatic rings. The Morgan fingerprint density at radius 1 is 1.22 bits per heavy atom. The van der Waals surface area contributed by atoms with E-state index in [4.69, 9.17) is 0 Å². The fraction of sp³-hybridized carbons (Fsp3) is 0.500. The number of nitrogens with zero attached hydrogens (tertiary/aromatic N) is 2. The molecule has 0 bridgehead atoms. The number of thiazole rings is 1. The van der Waals surface area contributed by atoms with Crippen LogP contribution in [-0.4, -0.2) is 32.2 Å². The quantitative estimate of drug-likeness (QED) is 0.880. The molecule has 4 nitrogen and oxygen atoms in total. The molecule has 0 unspecified atom stereocenters. The third-order valence-electron chi connectivity index (χ3n) is 4.48. The van der Waals surface area contributed by atoms with Crippen molar-refractivity contribution in [1.29, 1.82) is 0 Å². The molecule has 1 aromatic carbocycles. The van der Waals surface area contributed by atoms with Crippen molar-refractivity contribution < 1.29 is 10.2 Å². The monoisotopic (exact) mass is 332 g/mol. The second kappa shape index (κ2) is 7.43. The van der Waals surface area contributed by atoms with E-state index in [2.05, 4.69) is 21.3 Å². The number of phenols is 1. The molecule has 1 aromatic heterocycles. The molecule has 2 N–H and O–H groups in total. The predicted molar refractivity (Wildman–Crippen MR) is 92.5 cm³/mol. The van der Waals surface area contributed by atoms with Crippen LogP contribution in [0.1, 0.15) is 41.9 Å². The van der Waals surface area contributed by atoms with Crippen LogP contribution in [0.4, 0.5) is 0 Å². The largest absolute Gasteiger partial charge is 0.508 e. The van der Waals surface area contributed by atoms with Crippen LogP contribution in [0.2, 0.25) is 0 Å². The highest BCUT2D eigenvalue weighted by molar-refractivity contribution is 7.09. The van der Waals surface area contributed by atoms with E-state index in [0.717, 1.165) is 55.0 Å². The van der Waals surface area contributed by atoms with Crippen molar-refractivity contribution >= 4 is 11.3 Å². The molecule has 0 spiro atoms. The minimum atomic E-state index is -0.143. The summed E-state index contributed by atoms with van der Waals surface area (Å²) in [6.07, 6.45) is 3.64. The maximum absolute atomic E-state index is 9.77. The maximum atomic E-state index is 9.77. The molecule has 3 rings (SSSR count). The zero-order valence-corrected chi connectivity index (χ0v) is 14.3. The van der Waals surface area contributed by atoms with Gasteiger partial charge in [-0.2, -0.15) is 0 Å². The highest BCUT2D eigenvalue weighted by Crippen LogP contribution is 2.27. The van der Waals surface area contributed by atoms with Crippen LogP contribution >= 0.6 is 11.3 Å². The number of benzene rings is 1. The topological polar surface area (TPSA) is 56.6 Å². The van der Waals surface area contributed by atoms with Gasteiger partial charge in [-0.25, -0.2) is 4.98 Å². The van der Waals surface area contributed by atoms with E-state index in [1.165, 1.54) is 0 Å². The highest BCUT2D eigenvalue weighted by atomic mass is 32.1. The van der Waals surface area contributed by atoms with Crippen LogP contribution in [0.5, 0.6) is 5.75 Å². The van der Waals surface area contributed by atoms with Gasteiger partial charge in [-0.05, 0) is 50.3 Å². The summed E-state index contributed by atoms with van der Waals surface area (Å²) in [6.45, 7) is 3.65. The third kappa shape index (κ3) is 4.53. The minimum absolute atomic E-state index is 0.143. The highest BCUT2D eigenvalue weighted by Gasteiger charge is 2.25. The molecule has 5 heteroatoms. The van der Waals surface area contributed by atoms with E-state index in [0.29, 0.717) is 11.8 Å². The standard InChI is InChI=1S/C18H24N2O2S/c1-13-12-23-18(19-13)11-20(15-5-7-16(21)8-6-15)10-14-3-2-4-17(22)9-14/h2-4,9,12,15-16,21-22H,5-8,10-11H2,1H3. The molecule has 1 heterocycles. The minimum Gasteiger partial charge on any atom is -0.508 e. The molecule has 0 amide bonds. The average molecular weight is 332 g/mol. The Morgan fingerprint density at radius 2 is 2.00 bits per heavy atom. The SMILES string of the molecule is Cc1csc(CN(Cc2cccc(O)c2)C2CCC(O)CC2)n1. The second-order valence-corrected chi connectivity index (χ2v) is 7.36. The molecule has 1 aliphatic carbocycles. The van der Waals surface area contributed by atoms with Gasteiger partial charge in [0.2, 0.25) is 0 Å². The Labute approximate surface area is 141 Å². The number of hydrogen-bond acceptors (Lipinski definition) is 5. The fourth-order valence-corrected chi connectivity index (χ4v) is 4.07. The van der Waals surface area contributed by atoms with E-state index in [-0.39, 0.29) is 6.10 Å². The lowest BCUT2D eigenvalue weighted by atomic mass is 9.91. The lowest BCUT2D eigenvalue weighted by Crippen LogP contribution is -2.38. The van der Waals surface area contributed by atoms with Gasteiger partial charge in [0.05, 0.1) is 12.6 Å². The number of aromatic nitrogens is 1. The first-order valence-corrected chi connectivity index (χ1v) is 9.09. The van der Waals surface area contributed by atoms with Crippen LogP contribution < -0.4 is 0 Å². The van der Waals surface area contributed by atoms with Crippen molar-refractivity contribution in [1.82, 2.24) is 9.88 Å². The van der Waals surface area contributed by atoms with E-state index < -0.39 is 0 Å². The van der Waals surface area contributed by atoms with E-state index >= 15 is 0 Å². The first-order valence-electron chi connectivity index (χ1n) is 8.21. The Kier molecular flexibility index (Phi) is 5.30. The number of aryl methyl sites for hydroxylation is 1. The summed E-state index contributed by atoms with van der Waals surface area (Å²) in [5.41, 5.74) is 2.19. The van der Waals surface area contributed by atoms with Crippen molar-refractivity contribution in [3.8, 4) is 5.75 Å². The van der Waals surface area contributed by atoms with Crippen LogP contribution in [-0.2, 0) is 13.1 Å².